The fourth-order valence-corrected chi connectivity index (χ4v) is 0.840. The quantitative estimate of drug-likeness (QED) is 0.360. The molecule has 0 saturated carbocycles. The molecule has 0 aromatic rings. The van der Waals surface area contributed by atoms with Gasteiger partial charge >= 0.3 is 5.30 Å². The summed E-state index contributed by atoms with van der Waals surface area (Å²) in [5.41, 5.74) is 0. The van der Waals surface area contributed by atoms with Gasteiger partial charge in [-0.15, -0.1) is 6.58 Å². The lowest BCUT2D eigenvalue weighted by atomic mass is 10.8. The van der Waals surface area contributed by atoms with Crippen LogP contribution in [0.25, 0.3) is 0 Å². The molecule has 5 nitrogen and oxygen atoms in total. The maximum Gasteiger partial charge on any atom is 0.456 e. The van der Waals surface area contributed by atoms with E-state index in [0.29, 0.717) is 0 Å². The second-order valence-electron chi connectivity index (χ2n) is 1.41. The van der Waals surface area contributed by atoms with Crippen molar-refractivity contribution in [3.05, 3.63) is 12.7 Å². The van der Waals surface area contributed by atoms with E-state index in [1.807, 2.05) is 0 Å². The van der Waals surface area contributed by atoms with E-state index in [1.54, 1.807) is 0 Å². The summed E-state index contributed by atoms with van der Waals surface area (Å²) in [6.07, 6.45) is 1.02. The first-order valence-corrected chi connectivity index (χ1v) is 3.89. The van der Waals surface area contributed by atoms with Crippen molar-refractivity contribution in [2.45, 2.75) is 0 Å². The van der Waals surface area contributed by atoms with Gasteiger partial charge in [0.15, 0.2) is 0 Å². The highest BCUT2D eigenvalue weighted by atomic mass is 32.2. The van der Waals surface area contributed by atoms with E-state index < -0.39 is 20.9 Å². The predicted molar refractivity (Wildman–Crippen MR) is 33.1 cm³/mol. The van der Waals surface area contributed by atoms with E-state index in [4.69, 9.17) is 5.26 Å². The molecule has 58 valence electrons. The fourth-order valence-electron chi connectivity index (χ4n) is 0.280. The Labute approximate surface area is 57.8 Å². The smallest absolute Gasteiger partial charge is 0.283 e. The van der Waals surface area contributed by atoms with Crippen LogP contribution in [0, 0.1) is 0 Å². The van der Waals surface area contributed by atoms with Gasteiger partial charge in [-0.25, -0.2) is 13.2 Å². The van der Waals surface area contributed by atoms with E-state index in [9.17, 15) is 13.2 Å². The highest BCUT2D eigenvalue weighted by Gasteiger charge is 2.21. The molecule has 0 radical (unpaired) electrons. The van der Waals surface area contributed by atoms with Crippen molar-refractivity contribution in [2.75, 3.05) is 5.75 Å². The molecular formula is C4H6O5S. The molecule has 0 aliphatic rings. The number of rotatable bonds is 2. The third-order valence-electron chi connectivity index (χ3n) is 0.666. The van der Waals surface area contributed by atoms with Gasteiger partial charge in [0, 0.05) is 0 Å². The molecule has 0 aromatic carbocycles. The van der Waals surface area contributed by atoms with Gasteiger partial charge in [-0.1, -0.05) is 6.08 Å². The van der Waals surface area contributed by atoms with Gasteiger partial charge in [0.25, 0.3) is 9.84 Å². The average Bonchev–Trinajstić information content (AvgIpc) is 1.86. The zero-order valence-electron chi connectivity index (χ0n) is 4.98. The number of hydrogen-bond donors (Lipinski definition) is 1. The number of sulfone groups is 1. The Balaban J connectivity index is 4.42. The van der Waals surface area contributed by atoms with Gasteiger partial charge < -0.3 is 0 Å². The lowest BCUT2D eigenvalue weighted by molar-refractivity contribution is -0.167. The lowest BCUT2D eigenvalue weighted by Gasteiger charge is -1.93. The normalized spacial score (nSPS) is 10.5. The topological polar surface area (TPSA) is 80.7 Å². The van der Waals surface area contributed by atoms with E-state index >= 15 is 0 Å². The summed E-state index contributed by atoms with van der Waals surface area (Å²) in [6, 6.07) is 0. The predicted octanol–water partition coefficient (Wildman–Crippen LogP) is 0.197. The first kappa shape index (κ1) is 9.12. The summed E-state index contributed by atoms with van der Waals surface area (Å²) in [5, 5.41) is 5.97. The molecule has 0 heterocycles. The highest BCUT2D eigenvalue weighted by Crippen LogP contribution is 1.94. The van der Waals surface area contributed by atoms with Gasteiger partial charge in [-0.05, 0) is 0 Å². The maximum atomic E-state index is 10.5. The van der Waals surface area contributed by atoms with Crippen molar-refractivity contribution >= 4 is 15.1 Å². The number of carbonyl (C=O) groups excluding carboxylic acids is 1. The molecule has 0 rings (SSSR count). The zero-order chi connectivity index (χ0) is 8.20. The lowest BCUT2D eigenvalue weighted by Crippen LogP contribution is -2.16. The van der Waals surface area contributed by atoms with E-state index in [-0.39, 0.29) is 0 Å². The molecule has 1 N–H and O–H groups in total. The molecule has 0 spiro atoms. The van der Waals surface area contributed by atoms with Crippen LogP contribution in [-0.4, -0.2) is 24.7 Å². The van der Waals surface area contributed by atoms with Crippen LogP contribution in [0.4, 0.5) is 4.79 Å². The SMILES string of the molecule is C=CCS(=O)(=O)C(=O)OO. The van der Waals surface area contributed by atoms with Crippen molar-refractivity contribution in [2.24, 2.45) is 0 Å². The summed E-state index contributed by atoms with van der Waals surface area (Å²) in [5.74, 6) is -0.535. The average molecular weight is 166 g/mol. The van der Waals surface area contributed by atoms with Gasteiger partial charge in [0.05, 0.1) is 5.75 Å². The van der Waals surface area contributed by atoms with Crippen LogP contribution in [0.2, 0.25) is 0 Å². The van der Waals surface area contributed by atoms with Gasteiger partial charge in [-0.2, -0.15) is 5.26 Å². The third-order valence-corrected chi connectivity index (χ3v) is 1.92. The standard InChI is InChI=1S/C4H6O5S/c1-2-3-10(7,8)4(5)9-6/h2,6H,1,3H2. The van der Waals surface area contributed by atoms with Crippen LogP contribution >= 0.6 is 0 Å². The van der Waals surface area contributed by atoms with Crippen molar-refractivity contribution in [3.8, 4) is 0 Å². The molecule has 0 aliphatic carbocycles. The Morgan fingerprint density at radius 1 is 1.70 bits per heavy atom. The molecule has 0 saturated heterocycles. The molecule has 0 atom stereocenters. The molecule has 0 fully saturated rings. The molecule has 10 heavy (non-hydrogen) atoms. The molecule has 0 aromatic heterocycles. The molecule has 0 unspecified atom stereocenters. The van der Waals surface area contributed by atoms with E-state index in [0.717, 1.165) is 6.08 Å². The largest absolute Gasteiger partial charge is 0.456 e. The summed E-state index contributed by atoms with van der Waals surface area (Å²) in [4.78, 5) is 13.1. The van der Waals surface area contributed by atoms with Crippen molar-refractivity contribution in [1.82, 2.24) is 0 Å². The van der Waals surface area contributed by atoms with Crippen LogP contribution in [-0.2, 0) is 14.7 Å². The van der Waals surface area contributed by atoms with Gasteiger partial charge in [-0.3, -0.25) is 4.89 Å². The number of hydrogen-bond acceptors (Lipinski definition) is 5. The first-order valence-electron chi connectivity index (χ1n) is 2.23. The van der Waals surface area contributed by atoms with Crippen molar-refractivity contribution in [1.29, 1.82) is 0 Å². The summed E-state index contributed by atoms with van der Waals surface area (Å²) < 4.78 is 20.9. The molecule has 0 bridgehead atoms. The molecule has 6 heteroatoms. The summed E-state index contributed by atoms with van der Waals surface area (Å²) >= 11 is 0. The summed E-state index contributed by atoms with van der Waals surface area (Å²) in [6.45, 7) is 3.09. The monoisotopic (exact) mass is 166 g/mol. The second kappa shape index (κ2) is 3.33. The van der Waals surface area contributed by atoms with Crippen LogP contribution in [0.5, 0.6) is 0 Å². The Morgan fingerprint density at radius 2 is 2.20 bits per heavy atom. The minimum absolute atomic E-state index is 0.535. The van der Waals surface area contributed by atoms with Crippen LogP contribution in [0.15, 0.2) is 12.7 Å². The molecule has 0 amide bonds. The number of carbonyl (C=O) groups is 1. The summed E-state index contributed by atoms with van der Waals surface area (Å²) in [7, 11) is -3.99. The fraction of sp³-hybridized carbons (Fsp3) is 0.250. The Hall–Kier alpha value is -0.880. The van der Waals surface area contributed by atoms with Gasteiger partial charge in [0.2, 0.25) is 0 Å². The van der Waals surface area contributed by atoms with Crippen molar-refractivity contribution < 1.29 is 23.4 Å². The Kier molecular flexibility index (Phi) is 3.04. The van der Waals surface area contributed by atoms with E-state index in [2.05, 4.69) is 11.5 Å². The van der Waals surface area contributed by atoms with Crippen LogP contribution in [0.1, 0.15) is 0 Å². The minimum Gasteiger partial charge on any atom is -0.283 e. The molecular weight excluding hydrogens is 160 g/mol. The van der Waals surface area contributed by atoms with Gasteiger partial charge in [0.1, 0.15) is 0 Å². The van der Waals surface area contributed by atoms with Crippen molar-refractivity contribution in [3.63, 3.8) is 0 Å². The highest BCUT2D eigenvalue weighted by molar-refractivity contribution is 8.05. The van der Waals surface area contributed by atoms with Crippen LogP contribution < -0.4 is 0 Å². The second-order valence-corrected chi connectivity index (χ2v) is 3.31. The molecule has 0 aliphatic heterocycles. The maximum absolute atomic E-state index is 10.5. The minimum atomic E-state index is -3.99. The Bertz CT molecular complexity index is 226. The third kappa shape index (κ3) is 2.16. The first-order chi connectivity index (χ1) is 4.54. The Morgan fingerprint density at radius 3 is 2.50 bits per heavy atom. The van der Waals surface area contributed by atoms with Crippen LogP contribution in [0.3, 0.4) is 0 Å². The van der Waals surface area contributed by atoms with E-state index in [1.165, 1.54) is 0 Å². The zero-order valence-corrected chi connectivity index (χ0v) is 5.80.